The van der Waals surface area contributed by atoms with Gasteiger partial charge in [0.25, 0.3) is 5.56 Å². The van der Waals surface area contributed by atoms with Crippen molar-refractivity contribution in [1.82, 2.24) is 10.2 Å². The molecular weight excluding hydrogens is 188 g/mol. The predicted molar refractivity (Wildman–Crippen MR) is 60.2 cm³/mol. The van der Waals surface area contributed by atoms with E-state index in [1.165, 1.54) is 6.07 Å². The van der Waals surface area contributed by atoms with Crippen LogP contribution in [0.2, 0.25) is 0 Å². The van der Waals surface area contributed by atoms with Crippen LogP contribution in [0.4, 0.5) is 0 Å². The third-order valence-corrected chi connectivity index (χ3v) is 1.95. The smallest absolute Gasteiger partial charge is 0.264 e. The summed E-state index contributed by atoms with van der Waals surface area (Å²) in [4.78, 5) is 10.9. The van der Waals surface area contributed by atoms with Crippen LogP contribution >= 0.6 is 0 Å². The minimum Gasteiger partial charge on any atom is -0.268 e. The highest BCUT2D eigenvalue weighted by Gasteiger charge is 1.88. The van der Waals surface area contributed by atoms with E-state index < -0.39 is 0 Å². The average molecular weight is 198 g/mol. The molecule has 3 nitrogen and oxygen atoms in total. The van der Waals surface area contributed by atoms with Gasteiger partial charge in [0, 0.05) is 11.6 Å². The average Bonchev–Trinajstić information content (AvgIpc) is 2.28. The lowest BCUT2D eigenvalue weighted by molar-refractivity contribution is 0.985. The molecule has 0 amide bonds. The zero-order valence-electron chi connectivity index (χ0n) is 8.05. The number of nitrogens with one attached hydrogen (secondary N) is 1. The molecule has 3 heteroatoms. The second-order valence-electron chi connectivity index (χ2n) is 3.12. The predicted octanol–water partition coefficient (Wildman–Crippen LogP) is 1.94. The van der Waals surface area contributed by atoms with E-state index in [1.54, 1.807) is 6.20 Å². The molecule has 0 fully saturated rings. The van der Waals surface area contributed by atoms with E-state index in [4.69, 9.17) is 0 Å². The van der Waals surface area contributed by atoms with Crippen LogP contribution in [0.1, 0.15) is 11.1 Å². The Balaban J connectivity index is 2.23. The number of aromatic nitrogens is 2. The largest absolute Gasteiger partial charge is 0.268 e. The van der Waals surface area contributed by atoms with Gasteiger partial charge in [-0.15, -0.1) is 0 Å². The molecule has 0 aliphatic carbocycles. The molecule has 2 rings (SSSR count). The maximum atomic E-state index is 10.9. The zero-order valence-corrected chi connectivity index (χ0v) is 8.05. The van der Waals surface area contributed by atoms with Crippen LogP contribution in [0.15, 0.2) is 47.4 Å². The van der Waals surface area contributed by atoms with Gasteiger partial charge >= 0.3 is 0 Å². The van der Waals surface area contributed by atoms with E-state index in [9.17, 15) is 4.79 Å². The Bertz CT molecular complexity index is 514. The molecule has 1 aromatic heterocycles. The maximum absolute atomic E-state index is 10.9. The first kappa shape index (κ1) is 9.40. The van der Waals surface area contributed by atoms with Gasteiger partial charge in [-0.05, 0) is 5.56 Å². The quantitative estimate of drug-likeness (QED) is 0.801. The molecule has 0 aliphatic rings. The maximum Gasteiger partial charge on any atom is 0.264 e. The Hall–Kier alpha value is -2.16. The van der Waals surface area contributed by atoms with Crippen molar-refractivity contribution in [3.63, 3.8) is 0 Å². The molecule has 0 radical (unpaired) electrons. The standard InChI is InChI=1S/C12H10N2O/c15-12-8-11(9-13-14-12)7-6-10-4-2-1-3-5-10/h1-9H,(H,14,15)/b7-6+. The fourth-order valence-electron chi connectivity index (χ4n) is 1.24. The van der Waals surface area contributed by atoms with E-state index in [0.29, 0.717) is 0 Å². The molecule has 0 bridgehead atoms. The Kier molecular flexibility index (Phi) is 2.74. The van der Waals surface area contributed by atoms with Crippen molar-refractivity contribution in [3.05, 3.63) is 64.1 Å². The molecule has 74 valence electrons. The van der Waals surface area contributed by atoms with Crippen LogP contribution in [0.3, 0.4) is 0 Å². The second kappa shape index (κ2) is 4.37. The van der Waals surface area contributed by atoms with E-state index >= 15 is 0 Å². The van der Waals surface area contributed by atoms with Gasteiger partial charge in [0.1, 0.15) is 0 Å². The summed E-state index contributed by atoms with van der Waals surface area (Å²) in [5.74, 6) is 0. The summed E-state index contributed by atoms with van der Waals surface area (Å²) in [7, 11) is 0. The van der Waals surface area contributed by atoms with Crippen LogP contribution in [-0.4, -0.2) is 10.2 Å². The molecular formula is C12H10N2O. The van der Waals surface area contributed by atoms with E-state index in [-0.39, 0.29) is 5.56 Å². The molecule has 15 heavy (non-hydrogen) atoms. The van der Waals surface area contributed by atoms with Gasteiger partial charge in [-0.1, -0.05) is 42.5 Å². The van der Waals surface area contributed by atoms with Gasteiger partial charge in [0.15, 0.2) is 0 Å². The van der Waals surface area contributed by atoms with Crippen LogP contribution < -0.4 is 5.56 Å². The van der Waals surface area contributed by atoms with Gasteiger partial charge < -0.3 is 0 Å². The first-order valence-electron chi connectivity index (χ1n) is 4.62. The van der Waals surface area contributed by atoms with Gasteiger partial charge in [-0.25, -0.2) is 5.10 Å². The number of benzene rings is 1. The van der Waals surface area contributed by atoms with E-state index in [1.807, 2.05) is 42.5 Å². The Morgan fingerprint density at radius 2 is 1.80 bits per heavy atom. The fraction of sp³-hybridized carbons (Fsp3) is 0. The number of nitrogens with zero attached hydrogens (tertiary/aromatic N) is 1. The number of aromatic amines is 1. The Labute approximate surface area is 87.1 Å². The van der Waals surface area contributed by atoms with E-state index in [2.05, 4.69) is 10.2 Å². The van der Waals surface area contributed by atoms with Crippen molar-refractivity contribution < 1.29 is 0 Å². The summed E-state index contributed by atoms with van der Waals surface area (Å²) in [5, 5.41) is 6.04. The Morgan fingerprint density at radius 1 is 1.07 bits per heavy atom. The lowest BCUT2D eigenvalue weighted by Gasteiger charge is -1.92. The molecule has 1 heterocycles. The first-order valence-corrected chi connectivity index (χ1v) is 4.62. The SMILES string of the molecule is O=c1cc(/C=C/c2ccccc2)cn[nH]1. The molecule has 0 unspecified atom stereocenters. The molecule has 0 saturated carbocycles. The lowest BCUT2D eigenvalue weighted by atomic mass is 10.2. The number of H-pyrrole nitrogens is 1. The Morgan fingerprint density at radius 3 is 2.53 bits per heavy atom. The third kappa shape index (κ3) is 2.64. The fourth-order valence-corrected chi connectivity index (χ4v) is 1.24. The number of hydrogen-bond donors (Lipinski definition) is 1. The second-order valence-corrected chi connectivity index (χ2v) is 3.12. The highest BCUT2D eigenvalue weighted by molar-refractivity contribution is 5.68. The summed E-state index contributed by atoms with van der Waals surface area (Å²) >= 11 is 0. The normalized spacial score (nSPS) is 10.7. The van der Waals surface area contributed by atoms with E-state index in [0.717, 1.165) is 11.1 Å². The number of hydrogen-bond acceptors (Lipinski definition) is 2. The summed E-state index contributed by atoms with van der Waals surface area (Å²) in [6.45, 7) is 0. The monoisotopic (exact) mass is 198 g/mol. The molecule has 0 saturated heterocycles. The van der Waals surface area contributed by atoms with Crippen molar-refractivity contribution in [3.8, 4) is 0 Å². The van der Waals surface area contributed by atoms with Crippen LogP contribution in [-0.2, 0) is 0 Å². The summed E-state index contributed by atoms with van der Waals surface area (Å²) in [6.07, 6.45) is 5.41. The molecule has 0 atom stereocenters. The third-order valence-electron chi connectivity index (χ3n) is 1.95. The van der Waals surface area contributed by atoms with Gasteiger partial charge in [0.05, 0.1) is 6.20 Å². The summed E-state index contributed by atoms with van der Waals surface area (Å²) in [5.41, 5.74) is 1.70. The topological polar surface area (TPSA) is 45.8 Å². The van der Waals surface area contributed by atoms with Crippen LogP contribution in [0.5, 0.6) is 0 Å². The summed E-state index contributed by atoms with van der Waals surface area (Å²) < 4.78 is 0. The zero-order chi connectivity index (χ0) is 10.5. The van der Waals surface area contributed by atoms with Gasteiger partial charge in [-0.3, -0.25) is 4.79 Å². The minimum absolute atomic E-state index is 0.190. The highest BCUT2D eigenvalue weighted by atomic mass is 16.1. The molecule has 1 aromatic carbocycles. The molecule has 2 aromatic rings. The van der Waals surface area contributed by atoms with Crippen molar-refractivity contribution >= 4 is 12.2 Å². The van der Waals surface area contributed by atoms with Crippen molar-refractivity contribution in [2.75, 3.05) is 0 Å². The van der Waals surface area contributed by atoms with Crippen molar-refractivity contribution in [2.24, 2.45) is 0 Å². The minimum atomic E-state index is -0.190. The van der Waals surface area contributed by atoms with Crippen molar-refractivity contribution in [1.29, 1.82) is 0 Å². The van der Waals surface area contributed by atoms with Gasteiger partial charge in [0.2, 0.25) is 0 Å². The molecule has 1 N–H and O–H groups in total. The number of rotatable bonds is 2. The highest BCUT2D eigenvalue weighted by Crippen LogP contribution is 2.04. The summed E-state index contributed by atoms with van der Waals surface area (Å²) in [6, 6.07) is 11.4. The molecule has 0 spiro atoms. The van der Waals surface area contributed by atoms with Crippen LogP contribution in [0.25, 0.3) is 12.2 Å². The lowest BCUT2D eigenvalue weighted by Crippen LogP contribution is -2.05. The van der Waals surface area contributed by atoms with Gasteiger partial charge in [-0.2, -0.15) is 5.10 Å². The first-order chi connectivity index (χ1) is 7.34. The molecule has 0 aliphatic heterocycles. The van der Waals surface area contributed by atoms with Crippen LogP contribution in [0, 0.1) is 0 Å². The van der Waals surface area contributed by atoms with Crippen molar-refractivity contribution in [2.45, 2.75) is 0 Å².